The van der Waals surface area contributed by atoms with Gasteiger partial charge >= 0.3 is 0 Å². The van der Waals surface area contributed by atoms with Crippen molar-refractivity contribution in [1.82, 2.24) is 16.0 Å². The molecular formula is C31H47Cl2N3O. The lowest BCUT2D eigenvalue weighted by Gasteiger charge is -2.47. The van der Waals surface area contributed by atoms with Crippen molar-refractivity contribution in [2.45, 2.75) is 104 Å². The van der Waals surface area contributed by atoms with Crippen molar-refractivity contribution in [3.05, 3.63) is 63.6 Å². The van der Waals surface area contributed by atoms with Gasteiger partial charge in [0.05, 0.1) is 0 Å². The topological polar surface area (TPSA) is 45.3 Å². The fourth-order valence-electron chi connectivity index (χ4n) is 5.48. The molecule has 0 saturated carbocycles. The Morgan fingerprint density at radius 2 is 1.57 bits per heavy atom. The summed E-state index contributed by atoms with van der Waals surface area (Å²) < 4.78 is 5.98. The summed E-state index contributed by atoms with van der Waals surface area (Å²) >= 11 is 12.6. The van der Waals surface area contributed by atoms with Gasteiger partial charge < -0.3 is 20.7 Å². The van der Waals surface area contributed by atoms with Crippen LogP contribution in [0.4, 0.5) is 0 Å². The second kappa shape index (κ2) is 12.7. The second-order valence-corrected chi connectivity index (χ2v) is 14.0. The number of ether oxygens (including phenoxy) is 1. The molecule has 0 amide bonds. The minimum Gasteiger partial charge on any atom is -0.489 e. The van der Waals surface area contributed by atoms with Crippen molar-refractivity contribution < 1.29 is 4.74 Å². The van der Waals surface area contributed by atoms with Crippen LogP contribution in [0, 0.1) is 5.41 Å². The van der Waals surface area contributed by atoms with Gasteiger partial charge in [0, 0.05) is 45.3 Å². The van der Waals surface area contributed by atoms with Crippen LogP contribution in [0.2, 0.25) is 10.0 Å². The van der Waals surface area contributed by atoms with Crippen molar-refractivity contribution in [2.75, 3.05) is 13.1 Å². The van der Waals surface area contributed by atoms with E-state index in [0.717, 1.165) is 50.1 Å². The van der Waals surface area contributed by atoms with Crippen molar-refractivity contribution in [3.63, 3.8) is 0 Å². The van der Waals surface area contributed by atoms with Crippen molar-refractivity contribution in [1.29, 1.82) is 0 Å². The third-order valence-corrected chi connectivity index (χ3v) is 7.71. The first kappa shape index (κ1) is 30.2. The molecule has 1 aliphatic heterocycles. The van der Waals surface area contributed by atoms with E-state index in [1.54, 1.807) is 0 Å². The summed E-state index contributed by atoms with van der Waals surface area (Å²) in [7, 11) is 0. The van der Waals surface area contributed by atoms with E-state index in [0.29, 0.717) is 34.2 Å². The molecule has 1 heterocycles. The Morgan fingerprint density at radius 1 is 0.973 bits per heavy atom. The fourth-order valence-corrected chi connectivity index (χ4v) is 5.98. The Kier molecular flexibility index (Phi) is 10.4. The molecule has 1 atom stereocenters. The van der Waals surface area contributed by atoms with Gasteiger partial charge in [-0.1, -0.05) is 62.2 Å². The summed E-state index contributed by atoms with van der Waals surface area (Å²) in [6, 6.07) is 14.8. The average molecular weight is 549 g/mol. The smallest absolute Gasteiger partial charge is 0.119 e. The minimum absolute atomic E-state index is 0.138. The van der Waals surface area contributed by atoms with Crippen LogP contribution in [0.3, 0.4) is 0 Å². The van der Waals surface area contributed by atoms with Crippen LogP contribution >= 0.6 is 23.2 Å². The SMILES string of the molecule is CC(C)(C)CCN[C@H](CNC1CC(C)(C)NC(C)(C)C1)Cc1ccc(OCc2c(Cl)cccc2Cl)cc1. The third kappa shape index (κ3) is 10.4. The van der Waals surface area contributed by atoms with E-state index in [2.05, 4.69) is 76.5 Å². The number of hydrogen-bond acceptors (Lipinski definition) is 4. The number of hydrogen-bond donors (Lipinski definition) is 3. The van der Waals surface area contributed by atoms with Gasteiger partial charge in [-0.3, -0.25) is 0 Å². The number of rotatable bonds is 11. The van der Waals surface area contributed by atoms with Gasteiger partial charge in [0.2, 0.25) is 0 Å². The van der Waals surface area contributed by atoms with E-state index in [1.807, 2.05) is 30.3 Å². The Bertz CT molecular complexity index is 962. The van der Waals surface area contributed by atoms with E-state index in [-0.39, 0.29) is 11.1 Å². The molecule has 2 aromatic carbocycles. The molecule has 2 aromatic rings. The summed E-state index contributed by atoms with van der Waals surface area (Å²) in [4.78, 5) is 0. The first-order chi connectivity index (χ1) is 17.2. The summed E-state index contributed by atoms with van der Waals surface area (Å²) in [5, 5.41) is 12.8. The van der Waals surface area contributed by atoms with Crippen molar-refractivity contribution in [2.24, 2.45) is 5.41 Å². The average Bonchev–Trinajstić information content (AvgIpc) is 2.75. The number of nitrogens with one attached hydrogen (secondary N) is 3. The lowest BCUT2D eigenvalue weighted by Crippen LogP contribution is -2.62. The van der Waals surface area contributed by atoms with E-state index in [1.165, 1.54) is 5.56 Å². The van der Waals surface area contributed by atoms with Crippen LogP contribution in [0.5, 0.6) is 5.75 Å². The standard InChI is InChI=1S/C31H47Cl2N3O/c1-29(2,3)15-16-34-23(20-35-24-18-30(4,5)36-31(6,7)19-24)17-22-11-13-25(14-12-22)37-21-26-27(32)9-8-10-28(26)33/h8-14,23-24,34-36H,15-21H2,1-7H3/t23-/m0/s1. The molecule has 0 aliphatic carbocycles. The van der Waals surface area contributed by atoms with Gasteiger partial charge in [0.25, 0.3) is 0 Å². The highest BCUT2D eigenvalue weighted by molar-refractivity contribution is 6.35. The Hall–Kier alpha value is -1.30. The molecule has 6 heteroatoms. The van der Waals surface area contributed by atoms with Gasteiger partial charge in [0.1, 0.15) is 12.4 Å². The van der Waals surface area contributed by atoms with Gasteiger partial charge in [-0.2, -0.15) is 0 Å². The molecule has 0 radical (unpaired) electrons. The van der Waals surface area contributed by atoms with Gasteiger partial charge in [0.15, 0.2) is 0 Å². The predicted octanol–water partition coefficient (Wildman–Crippen LogP) is 7.41. The molecule has 0 bridgehead atoms. The first-order valence-electron chi connectivity index (χ1n) is 13.6. The molecule has 0 spiro atoms. The van der Waals surface area contributed by atoms with Crippen LogP contribution < -0.4 is 20.7 Å². The van der Waals surface area contributed by atoms with Gasteiger partial charge in [-0.05, 0) is 95.2 Å². The Balaban J connectivity index is 1.60. The quantitative estimate of drug-likeness (QED) is 0.274. The Morgan fingerprint density at radius 3 is 2.14 bits per heavy atom. The van der Waals surface area contributed by atoms with E-state index in [4.69, 9.17) is 27.9 Å². The minimum atomic E-state index is 0.138. The van der Waals surface area contributed by atoms with E-state index < -0.39 is 0 Å². The summed E-state index contributed by atoms with van der Waals surface area (Å²) in [5.41, 5.74) is 2.70. The molecule has 1 aliphatic rings. The maximum Gasteiger partial charge on any atom is 0.119 e. The zero-order valence-electron chi connectivity index (χ0n) is 23.8. The maximum atomic E-state index is 6.28. The number of halogens is 2. The lowest BCUT2D eigenvalue weighted by atomic mass is 9.79. The Labute approximate surface area is 235 Å². The number of piperidine rings is 1. The van der Waals surface area contributed by atoms with Crippen molar-refractivity contribution >= 4 is 23.2 Å². The molecule has 0 aromatic heterocycles. The van der Waals surface area contributed by atoms with E-state index >= 15 is 0 Å². The second-order valence-electron chi connectivity index (χ2n) is 13.2. The van der Waals surface area contributed by atoms with Crippen LogP contribution in [-0.4, -0.2) is 36.3 Å². The normalized spacial score (nSPS) is 18.5. The number of benzene rings is 2. The zero-order valence-corrected chi connectivity index (χ0v) is 25.3. The van der Waals surface area contributed by atoms with Crippen molar-refractivity contribution in [3.8, 4) is 5.75 Å². The molecule has 1 saturated heterocycles. The monoisotopic (exact) mass is 547 g/mol. The molecule has 206 valence electrons. The van der Waals surface area contributed by atoms with Crippen LogP contribution in [0.1, 0.15) is 78.9 Å². The highest BCUT2D eigenvalue weighted by atomic mass is 35.5. The van der Waals surface area contributed by atoms with E-state index in [9.17, 15) is 0 Å². The van der Waals surface area contributed by atoms with Crippen LogP contribution in [0.15, 0.2) is 42.5 Å². The molecule has 37 heavy (non-hydrogen) atoms. The van der Waals surface area contributed by atoms with Crippen LogP contribution in [0.25, 0.3) is 0 Å². The molecule has 3 rings (SSSR count). The highest BCUT2D eigenvalue weighted by Gasteiger charge is 2.37. The van der Waals surface area contributed by atoms with Gasteiger partial charge in [-0.15, -0.1) is 0 Å². The summed E-state index contributed by atoms with van der Waals surface area (Å²) in [5.74, 6) is 0.814. The fraction of sp³-hybridized carbons (Fsp3) is 0.613. The predicted molar refractivity (Wildman–Crippen MR) is 159 cm³/mol. The first-order valence-corrected chi connectivity index (χ1v) is 14.4. The molecule has 4 nitrogen and oxygen atoms in total. The maximum absolute atomic E-state index is 6.28. The molecular weight excluding hydrogens is 501 g/mol. The summed E-state index contributed by atoms with van der Waals surface area (Å²) in [6.07, 6.45) is 4.37. The zero-order chi connectivity index (χ0) is 27.3. The highest BCUT2D eigenvalue weighted by Crippen LogP contribution is 2.29. The summed E-state index contributed by atoms with van der Waals surface area (Å²) in [6.45, 7) is 18.5. The van der Waals surface area contributed by atoms with Gasteiger partial charge in [-0.25, -0.2) is 0 Å². The van der Waals surface area contributed by atoms with Crippen LogP contribution in [-0.2, 0) is 13.0 Å². The molecule has 0 unspecified atom stereocenters. The molecule has 1 fully saturated rings. The molecule has 3 N–H and O–H groups in total. The third-order valence-electron chi connectivity index (χ3n) is 7.00. The largest absolute Gasteiger partial charge is 0.489 e. The lowest BCUT2D eigenvalue weighted by molar-refractivity contribution is 0.144.